The molecule has 1 aromatic heterocycles. The molecule has 21 heavy (non-hydrogen) atoms. The maximum atomic E-state index is 12.6. The molecule has 0 aliphatic carbocycles. The Kier molecular flexibility index (Phi) is 4.70. The highest BCUT2D eigenvalue weighted by Crippen LogP contribution is 2.31. The van der Waals surface area contributed by atoms with Gasteiger partial charge in [-0.2, -0.15) is 0 Å². The second kappa shape index (κ2) is 6.17. The van der Waals surface area contributed by atoms with Crippen LogP contribution in [0.5, 0.6) is 0 Å². The molecule has 2 aromatic rings. The van der Waals surface area contributed by atoms with Crippen LogP contribution in [0.4, 0.5) is 5.69 Å². The zero-order valence-electron chi connectivity index (χ0n) is 11.5. The molecule has 1 heterocycles. The van der Waals surface area contributed by atoms with E-state index in [1.807, 2.05) is 0 Å². The van der Waals surface area contributed by atoms with Gasteiger partial charge in [-0.3, -0.25) is 4.79 Å². The molecule has 1 N–H and O–H groups in total. The van der Waals surface area contributed by atoms with Crippen molar-refractivity contribution in [2.24, 2.45) is 5.92 Å². The molecule has 0 radical (unpaired) electrons. The average Bonchev–Trinajstić information content (AvgIpc) is 2.88. The summed E-state index contributed by atoms with van der Waals surface area (Å²) in [5, 5.41) is 6.24. The first-order valence-corrected chi connectivity index (χ1v) is 9.00. The number of rotatable bonds is 4. The zero-order chi connectivity index (χ0) is 15.6. The molecule has 0 saturated heterocycles. The lowest BCUT2D eigenvalue weighted by Gasteiger charge is -2.09. The van der Waals surface area contributed by atoms with E-state index >= 15 is 0 Å². The van der Waals surface area contributed by atoms with Gasteiger partial charge in [-0.25, -0.2) is 8.42 Å². The Balaban J connectivity index is 2.40. The van der Waals surface area contributed by atoms with Crippen LogP contribution >= 0.6 is 22.9 Å². The summed E-state index contributed by atoms with van der Waals surface area (Å²) >= 11 is 7.00. The number of hydrogen-bond acceptors (Lipinski definition) is 4. The van der Waals surface area contributed by atoms with Crippen molar-refractivity contribution in [1.82, 2.24) is 0 Å². The van der Waals surface area contributed by atoms with Crippen molar-refractivity contribution in [1.29, 1.82) is 0 Å². The van der Waals surface area contributed by atoms with E-state index in [-0.39, 0.29) is 21.6 Å². The Labute approximate surface area is 132 Å². The third-order valence-corrected chi connectivity index (χ3v) is 5.78. The van der Waals surface area contributed by atoms with Crippen molar-refractivity contribution in [3.8, 4) is 0 Å². The fourth-order valence-electron chi connectivity index (χ4n) is 1.60. The molecular weight excluding hydrogens is 330 g/mol. The van der Waals surface area contributed by atoms with Crippen molar-refractivity contribution >= 4 is 44.4 Å². The van der Waals surface area contributed by atoms with Crippen LogP contribution in [0.15, 0.2) is 44.8 Å². The molecule has 0 saturated carbocycles. The number of hydrogen-bond donors (Lipinski definition) is 1. The van der Waals surface area contributed by atoms with Crippen molar-refractivity contribution < 1.29 is 13.2 Å². The second-order valence-corrected chi connectivity index (χ2v) is 7.85. The maximum absolute atomic E-state index is 12.6. The van der Waals surface area contributed by atoms with Gasteiger partial charge in [0.15, 0.2) is 0 Å². The topological polar surface area (TPSA) is 63.2 Å². The molecule has 0 spiro atoms. The molecule has 4 nitrogen and oxygen atoms in total. The zero-order valence-corrected chi connectivity index (χ0v) is 13.8. The van der Waals surface area contributed by atoms with E-state index in [1.165, 1.54) is 41.0 Å². The highest BCUT2D eigenvalue weighted by atomic mass is 35.5. The molecule has 0 fully saturated rings. The van der Waals surface area contributed by atoms with Gasteiger partial charge >= 0.3 is 0 Å². The second-order valence-electron chi connectivity index (χ2n) is 4.75. The number of carbonyl (C=O) groups is 1. The van der Waals surface area contributed by atoms with E-state index in [1.54, 1.807) is 19.2 Å². The van der Waals surface area contributed by atoms with E-state index in [0.29, 0.717) is 10.7 Å². The molecular formula is C14H14ClNO3S2. The summed E-state index contributed by atoms with van der Waals surface area (Å²) in [4.78, 5) is 12.0. The standard InChI is InChI=1S/C14H14ClNO3S2/c1-9(2)14(17)16-12-7-20-8-13(12)21(18,19)11-5-3-10(15)4-6-11/h3-9H,1-2H3,(H,16,17). The van der Waals surface area contributed by atoms with Crippen molar-refractivity contribution in [2.45, 2.75) is 23.6 Å². The SMILES string of the molecule is CC(C)C(=O)Nc1cscc1S(=O)(=O)c1ccc(Cl)cc1. The van der Waals surface area contributed by atoms with E-state index in [2.05, 4.69) is 5.32 Å². The Morgan fingerprint density at radius 1 is 1.19 bits per heavy atom. The largest absolute Gasteiger partial charge is 0.324 e. The van der Waals surface area contributed by atoms with E-state index < -0.39 is 9.84 Å². The normalized spacial score (nSPS) is 11.6. The number of carbonyl (C=O) groups excluding carboxylic acids is 1. The van der Waals surface area contributed by atoms with Crippen LogP contribution in [-0.4, -0.2) is 14.3 Å². The predicted molar refractivity (Wildman–Crippen MR) is 84.7 cm³/mol. The summed E-state index contributed by atoms with van der Waals surface area (Å²) in [6, 6.07) is 5.94. The Morgan fingerprint density at radius 3 is 2.38 bits per heavy atom. The number of halogens is 1. The van der Waals surface area contributed by atoms with Crippen LogP contribution in [0.3, 0.4) is 0 Å². The number of nitrogens with one attached hydrogen (secondary N) is 1. The summed E-state index contributed by atoms with van der Waals surface area (Å²) < 4.78 is 25.2. The first kappa shape index (κ1) is 16.0. The highest BCUT2D eigenvalue weighted by molar-refractivity contribution is 7.91. The molecule has 0 atom stereocenters. The summed E-state index contributed by atoms with van der Waals surface area (Å²) in [5.74, 6) is -0.447. The van der Waals surface area contributed by atoms with E-state index in [0.717, 1.165) is 0 Å². The third-order valence-electron chi connectivity index (χ3n) is 2.82. The molecule has 1 amide bonds. The summed E-state index contributed by atoms with van der Waals surface area (Å²) in [6.45, 7) is 3.49. The van der Waals surface area contributed by atoms with E-state index in [9.17, 15) is 13.2 Å². The lowest BCUT2D eigenvalue weighted by atomic mass is 10.2. The van der Waals surface area contributed by atoms with Gasteiger partial charge in [0.1, 0.15) is 4.90 Å². The van der Waals surface area contributed by atoms with E-state index in [4.69, 9.17) is 11.6 Å². The molecule has 1 aromatic carbocycles. The first-order chi connectivity index (χ1) is 9.82. The smallest absolute Gasteiger partial charge is 0.226 e. The summed E-state index contributed by atoms with van der Waals surface area (Å²) in [7, 11) is -3.68. The minimum atomic E-state index is -3.68. The summed E-state index contributed by atoms with van der Waals surface area (Å²) in [5.41, 5.74) is 0.314. The van der Waals surface area contributed by atoms with Crippen LogP contribution in [-0.2, 0) is 14.6 Å². The van der Waals surface area contributed by atoms with Gasteiger partial charge in [0, 0.05) is 21.7 Å². The van der Waals surface area contributed by atoms with Gasteiger partial charge in [0.25, 0.3) is 0 Å². The lowest BCUT2D eigenvalue weighted by Crippen LogP contribution is -2.18. The van der Waals surface area contributed by atoms with Crippen LogP contribution in [0.2, 0.25) is 5.02 Å². The number of anilines is 1. The summed E-state index contributed by atoms with van der Waals surface area (Å²) in [6.07, 6.45) is 0. The molecule has 0 aliphatic heterocycles. The van der Waals surface area contributed by atoms with Crippen molar-refractivity contribution in [2.75, 3.05) is 5.32 Å². The number of thiophene rings is 1. The molecule has 0 unspecified atom stereocenters. The van der Waals surface area contributed by atoms with Crippen LogP contribution in [0.1, 0.15) is 13.8 Å². The van der Waals surface area contributed by atoms with Gasteiger partial charge in [-0.1, -0.05) is 25.4 Å². The molecule has 7 heteroatoms. The van der Waals surface area contributed by atoms with Crippen molar-refractivity contribution in [3.05, 3.63) is 40.0 Å². The first-order valence-electron chi connectivity index (χ1n) is 6.20. The van der Waals surface area contributed by atoms with Gasteiger partial charge in [-0.05, 0) is 24.3 Å². The molecule has 112 valence electrons. The quantitative estimate of drug-likeness (QED) is 0.917. The monoisotopic (exact) mass is 343 g/mol. The van der Waals surface area contributed by atoms with Crippen LogP contribution in [0.25, 0.3) is 0 Å². The number of benzene rings is 1. The maximum Gasteiger partial charge on any atom is 0.226 e. The molecule has 0 bridgehead atoms. The number of amides is 1. The Bertz CT molecular complexity index is 749. The average molecular weight is 344 g/mol. The predicted octanol–water partition coefficient (Wildman–Crippen LogP) is 3.83. The Morgan fingerprint density at radius 2 is 1.81 bits per heavy atom. The van der Waals surface area contributed by atoms with Gasteiger partial charge in [-0.15, -0.1) is 11.3 Å². The van der Waals surface area contributed by atoms with Crippen LogP contribution in [0, 0.1) is 5.92 Å². The van der Waals surface area contributed by atoms with Gasteiger partial charge in [0.05, 0.1) is 10.6 Å². The van der Waals surface area contributed by atoms with Gasteiger partial charge in [0.2, 0.25) is 15.7 Å². The number of sulfone groups is 1. The fourth-order valence-corrected chi connectivity index (χ4v) is 4.26. The van der Waals surface area contributed by atoms with Crippen molar-refractivity contribution in [3.63, 3.8) is 0 Å². The third kappa shape index (κ3) is 3.45. The minimum absolute atomic E-state index is 0.101. The fraction of sp³-hybridized carbons (Fsp3) is 0.214. The van der Waals surface area contributed by atoms with Gasteiger partial charge < -0.3 is 5.32 Å². The van der Waals surface area contributed by atoms with Crippen LogP contribution < -0.4 is 5.32 Å². The lowest BCUT2D eigenvalue weighted by molar-refractivity contribution is -0.118. The minimum Gasteiger partial charge on any atom is -0.324 e. The molecule has 2 rings (SSSR count). The molecule has 0 aliphatic rings. The Hall–Kier alpha value is -1.37. The highest BCUT2D eigenvalue weighted by Gasteiger charge is 2.23.